The molecule has 0 N–H and O–H groups in total. The summed E-state index contributed by atoms with van der Waals surface area (Å²) in [6.45, 7) is 0. The summed E-state index contributed by atoms with van der Waals surface area (Å²) < 4.78 is 0. The fourth-order valence-electron chi connectivity index (χ4n) is 0. The Kier molecular flexibility index (Phi) is 542. The molecule has 0 aliphatic heterocycles. The molecule has 0 aromatic rings. The first-order valence-corrected chi connectivity index (χ1v) is 0. The van der Waals surface area contributed by atoms with Crippen LogP contribution < -0.4 is 103 Å². The number of rotatable bonds is 0. The van der Waals surface area contributed by atoms with Crippen LogP contribution in [-0.4, -0.2) is 0 Å². The SMILES string of the molecule is Cl.Cl.Cl.Cl.Cl.Cl.[H-].[H-].[K+].[K+]. The summed E-state index contributed by atoms with van der Waals surface area (Å²) >= 11 is 0. The number of halogens is 6. The van der Waals surface area contributed by atoms with Gasteiger partial charge in [-0.05, 0) is 0 Å². The van der Waals surface area contributed by atoms with Crippen molar-refractivity contribution in [3.05, 3.63) is 0 Å². The standard InChI is InChI=1S/6ClH.2K.2H/h6*1H;;;;/q;;;;;;2*+1;2*-1. The van der Waals surface area contributed by atoms with Crippen LogP contribution in [0, 0.1) is 0 Å². The normalized spacial score (nSPS) is 0. The molecule has 0 nitrogen and oxygen atoms in total. The summed E-state index contributed by atoms with van der Waals surface area (Å²) in [6.07, 6.45) is 0. The molecule has 0 amide bonds. The summed E-state index contributed by atoms with van der Waals surface area (Å²) in [4.78, 5) is 0. The summed E-state index contributed by atoms with van der Waals surface area (Å²) in [5, 5.41) is 0. The first-order valence-electron chi connectivity index (χ1n) is 0. The van der Waals surface area contributed by atoms with Crippen LogP contribution in [0.3, 0.4) is 0 Å². The van der Waals surface area contributed by atoms with Crippen molar-refractivity contribution in [3.8, 4) is 0 Å². The Morgan fingerprint density at radius 2 is 0.375 bits per heavy atom. The van der Waals surface area contributed by atoms with E-state index in [0.717, 1.165) is 0 Å². The minimum absolute atomic E-state index is 0. The molecule has 0 fully saturated rings. The van der Waals surface area contributed by atoms with Gasteiger partial charge in [-0.15, -0.1) is 74.4 Å². The molecular weight excluding hydrogens is 291 g/mol. The second-order valence-electron chi connectivity index (χ2n) is 0. The van der Waals surface area contributed by atoms with Gasteiger partial charge in [-0.25, -0.2) is 0 Å². The first-order chi connectivity index (χ1) is 0. The van der Waals surface area contributed by atoms with E-state index in [4.69, 9.17) is 0 Å². The first kappa shape index (κ1) is 74.7. The van der Waals surface area contributed by atoms with Gasteiger partial charge in [0.25, 0.3) is 0 Å². The zero-order valence-electron chi connectivity index (χ0n) is 6.45. The molecule has 52 valence electrons. The van der Waals surface area contributed by atoms with Crippen LogP contribution in [0.25, 0.3) is 0 Å². The molecule has 0 saturated carbocycles. The maximum Gasteiger partial charge on any atom is 1.00 e. The minimum Gasteiger partial charge on any atom is -1.00 e. The van der Waals surface area contributed by atoms with E-state index >= 15 is 0 Å². The van der Waals surface area contributed by atoms with Crippen LogP contribution >= 0.6 is 74.4 Å². The number of hydrogen-bond acceptors (Lipinski definition) is 0. The van der Waals surface area contributed by atoms with Gasteiger partial charge in [0, 0.05) is 0 Å². The van der Waals surface area contributed by atoms with Gasteiger partial charge in [0.2, 0.25) is 0 Å². The van der Waals surface area contributed by atoms with Crippen LogP contribution in [0.4, 0.5) is 0 Å². The molecule has 0 heterocycles. The maximum atomic E-state index is 0. The van der Waals surface area contributed by atoms with Crippen molar-refractivity contribution in [1.29, 1.82) is 0 Å². The van der Waals surface area contributed by atoms with Gasteiger partial charge in [-0.3, -0.25) is 0 Å². The van der Waals surface area contributed by atoms with Crippen molar-refractivity contribution in [3.63, 3.8) is 0 Å². The molecule has 0 unspecified atom stereocenters. The quantitative estimate of drug-likeness (QED) is 0.413. The summed E-state index contributed by atoms with van der Waals surface area (Å²) in [5.74, 6) is 0. The van der Waals surface area contributed by atoms with E-state index in [1.807, 2.05) is 0 Å². The molecular formula is H8Cl6K2. The zero-order valence-corrected chi connectivity index (χ0v) is 15.6. The molecule has 0 atom stereocenters. The fraction of sp³-hybridized carbons (Fsp3) is 0. The van der Waals surface area contributed by atoms with Gasteiger partial charge in [0.05, 0.1) is 0 Å². The molecule has 0 aromatic carbocycles. The maximum absolute atomic E-state index is 0. The summed E-state index contributed by atoms with van der Waals surface area (Å²) in [5.41, 5.74) is 0. The van der Waals surface area contributed by atoms with Gasteiger partial charge >= 0.3 is 103 Å². The van der Waals surface area contributed by atoms with E-state index in [-0.39, 0.29) is 180 Å². The fourth-order valence-corrected chi connectivity index (χ4v) is 0. The van der Waals surface area contributed by atoms with Crippen LogP contribution in [-0.2, 0) is 0 Å². The Morgan fingerprint density at radius 3 is 0.375 bits per heavy atom. The third-order valence-electron chi connectivity index (χ3n) is 0. The average molecular weight is 299 g/mol. The summed E-state index contributed by atoms with van der Waals surface area (Å²) in [6, 6.07) is 0. The van der Waals surface area contributed by atoms with Crippen molar-refractivity contribution < 1.29 is 106 Å². The molecule has 8 heteroatoms. The average Bonchev–Trinajstić information content (AvgIpc) is 0. The second kappa shape index (κ2) is 58.0. The third-order valence-corrected chi connectivity index (χ3v) is 0. The van der Waals surface area contributed by atoms with E-state index in [0.29, 0.717) is 0 Å². The Labute approximate surface area is 175 Å². The van der Waals surface area contributed by atoms with Crippen LogP contribution in [0.15, 0.2) is 0 Å². The summed E-state index contributed by atoms with van der Waals surface area (Å²) in [7, 11) is 0. The van der Waals surface area contributed by atoms with E-state index in [9.17, 15) is 0 Å². The Balaban J connectivity index is 0. The Hall–Kier alpha value is 5.01. The topological polar surface area (TPSA) is 0 Å². The molecule has 0 aliphatic rings. The van der Waals surface area contributed by atoms with E-state index < -0.39 is 0 Å². The Bertz CT molecular complexity index is 13.7. The van der Waals surface area contributed by atoms with Gasteiger partial charge in [0.15, 0.2) is 0 Å². The molecule has 0 aliphatic carbocycles. The van der Waals surface area contributed by atoms with Crippen molar-refractivity contribution in [2.45, 2.75) is 0 Å². The van der Waals surface area contributed by atoms with E-state index in [1.54, 1.807) is 0 Å². The predicted octanol–water partition coefficient (Wildman–Crippen LogP) is -3.24. The molecule has 8 heavy (non-hydrogen) atoms. The van der Waals surface area contributed by atoms with Crippen molar-refractivity contribution >= 4 is 74.4 Å². The molecule has 0 bridgehead atoms. The predicted molar refractivity (Wildman–Crippen MR) is 45.7 cm³/mol. The Morgan fingerprint density at radius 1 is 0.375 bits per heavy atom. The molecule has 0 saturated heterocycles. The number of hydrogen-bond donors (Lipinski definition) is 0. The molecule has 0 rings (SSSR count). The third kappa shape index (κ3) is 43.9. The van der Waals surface area contributed by atoms with Gasteiger partial charge in [0.1, 0.15) is 0 Å². The molecule has 0 radical (unpaired) electrons. The van der Waals surface area contributed by atoms with Gasteiger partial charge < -0.3 is 2.85 Å². The van der Waals surface area contributed by atoms with Crippen LogP contribution in [0.2, 0.25) is 0 Å². The van der Waals surface area contributed by atoms with Crippen LogP contribution in [0.5, 0.6) is 0 Å². The molecule has 0 aromatic heterocycles. The largest absolute Gasteiger partial charge is 1.00 e. The van der Waals surface area contributed by atoms with Gasteiger partial charge in [-0.1, -0.05) is 0 Å². The van der Waals surface area contributed by atoms with E-state index in [1.165, 1.54) is 0 Å². The minimum atomic E-state index is 0. The van der Waals surface area contributed by atoms with Crippen molar-refractivity contribution in [2.75, 3.05) is 0 Å². The van der Waals surface area contributed by atoms with Crippen LogP contribution in [0.1, 0.15) is 2.85 Å². The monoisotopic (exact) mass is 296 g/mol. The van der Waals surface area contributed by atoms with Gasteiger partial charge in [-0.2, -0.15) is 0 Å². The van der Waals surface area contributed by atoms with E-state index in [2.05, 4.69) is 0 Å². The smallest absolute Gasteiger partial charge is 1.00 e. The van der Waals surface area contributed by atoms with Crippen molar-refractivity contribution in [1.82, 2.24) is 0 Å². The zero-order chi connectivity index (χ0) is 0. The second-order valence-corrected chi connectivity index (χ2v) is 0. The molecule has 0 spiro atoms. The van der Waals surface area contributed by atoms with Crippen molar-refractivity contribution in [2.24, 2.45) is 0 Å².